The molecule has 2 rings (SSSR count). The van der Waals surface area contributed by atoms with Crippen molar-refractivity contribution in [2.45, 2.75) is 19.8 Å². The van der Waals surface area contributed by atoms with Crippen LogP contribution in [0.4, 0.5) is 0 Å². The predicted octanol–water partition coefficient (Wildman–Crippen LogP) is 3.95. The Labute approximate surface area is 93.9 Å². The molecule has 0 atom stereocenters. The monoisotopic (exact) mass is 221 g/mol. The Morgan fingerprint density at radius 3 is 2.67 bits per heavy atom. The molecule has 3 heteroatoms. The van der Waals surface area contributed by atoms with Gasteiger partial charge in [-0.25, -0.2) is 0 Å². The van der Waals surface area contributed by atoms with Crippen LogP contribution in [0.1, 0.15) is 18.9 Å². The van der Waals surface area contributed by atoms with E-state index in [-0.39, 0.29) is 0 Å². The lowest BCUT2D eigenvalue weighted by molar-refractivity contribution is 0.423. The van der Waals surface area contributed by atoms with Crippen LogP contribution >= 0.6 is 11.6 Å². The van der Waals surface area contributed by atoms with E-state index >= 15 is 0 Å². The lowest BCUT2D eigenvalue weighted by Gasteiger charge is -1.99. The Kier molecular flexibility index (Phi) is 3.07. The summed E-state index contributed by atoms with van der Waals surface area (Å²) in [6.07, 6.45) is 1.92. The van der Waals surface area contributed by atoms with Gasteiger partial charge in [-0.1, -0.05) is 48.8 Å². The zero-order valence-electron chi connectivity index (χ0n) is 8.53. The molecule has 15 heavy (non-hydrogen) atoms. The van der Waals surface area contributed by atoms with Crippen molar-refractivity contribution in [2.24, 2.45) is 0 Å². The molecule has 78 valence electrons. The van der Waals surface area contributed by atoms with Gasteiger partial charge in [-0.15, -0.1) is 0 Å². The summed E-state index contributed by atoms with van der Waals surface area (Å²) in [4.78, 5) is 0. The number of aromatic nitrogens is 1. The highest BCUT2D eigenvalue weighted by Crippen LogP contribution is 2.29. The number of nitrogens with zero attached hydrogens (tertiary/aromatic N) is 1. The maximum absolute atomic E-state index is 5.94. The van der Waals surface area contributed by atoms with Crippen LogP contribution in [0.3, 0.4) is 0 Å². The van der Waals surface area contributed by atoms with Gasteiger partial charge in [-0.3, -0.25) is 0 Å². The van der Waals surface area contributed by atoms with Gasteiger partial charge in [0.25, 0.3) is 0 Å². The highest BCUT2D eigenvalue weighted by molar-refractivity contribution is 6.29. The number of rotatable bonds is 3. The van der Waals surface area contributed by atoms with Gasteiger partial charge in [0.1, 0.15) is 5.69 Å². The van der Waals surface area contributed by atoms with Gasteiger partial charge < -0.3 is 4.52 Å². The van der Waals surface area contributed by atoms with E-state index in [1.165, 1.54) is 0 Å². The summed E-state index contributed by atoms with van der Waals surface area (Å²) in [5.74, 6) is 0. The van der Waals surface area contributed by atoms with Gasteiger partial charge in [-0.05, 0) is 18.0 Å². The second-order valence-electron chi connectivity index (χ2n) is 3.40. The summed E-state index contributed by atoms with van der Waals surface area (Å²) in [6, 6.07) is 9.95. The van der Waals surface area contributed by atoms with E-state index in [0.29, 0.717) is 5.22 Å². The molecule has 1 aromatic heterocycles. The van der Waals surface area contributed by atoms with Crippen molar-refractivity contribution in [1.82, 2.24) is 5.16 Å². The third-order valence-corrected chi connectivity index (χ3v) is 2.58. The maximum Gasteiger partial charge on any atom is 0.229 e. The molecule has 0 N–H and O–H groups in total. The van der Waals surface area contributed by atoms with E-state index in [0.717, 1.165) is 29.7 Å². The van der Waals surface area contributed by atoms with Crippen LogP contribution in [0.15, 0.2) is 34.9 Å². The van der Waals surface area contributed by atoms with Crippen molar-refractivity contribution in [3.05, 3.63) is 41.1 Å². The normalized spacial score (nSPS) is 10.5. The molecule has 2 aromatic rings. The minimum Gasteiger partial charge on any atom is -0.343 e. The van der Waals surface area contributed by atoms with Crippen molar-refractivity contribution in [3.63, 3.8) is 0 Å². The summed E-state index contributed by atoms with van der Waals surface area (Å²) < 4.78 is 5.02. The molecule has 0 spiro atoms. The second-order valence-corrected chi connectivity index (χ2v) is 3.74. The molecule has 0 amide bonds. The Balaban J connectivity index is 2.44. The molecule has 1 heterocycles. The molecule has 0 aliphatic heterocycles. The molecular formula is C12H12ClNO. The van der Waals surface area contributed by atoms with Gasteiger partial charge in [-0.2, -0.15) is 0 Å². The highest BCUT2D eigenvalue weighted by atomic mass is 35.5. The molecule has 0 bridgehead atoms. The number of hydrogen-bond donors (Lipinski definition) is 0. The lowest BCUT2D eigenvalue weighted by Crippen LogP contribution is -1.86. The van der Waals surface area contributed by atoms with Crippen LogP contribution in [0.25, 0.3) is 11.3 Å². The van der Waals surface area contributed by atoms with Crippen LogP contribution in [0.5, 0.6) is 0 Å². The van der Waals surface area contributed by atoms with Crippen LogP contribution in [0.2, 0.25) is 5.22 Å². The average Bonchev–Trinajstić information content (AvgIpc) is 2.63. The number of hydrogen-bond acceptors (Lipinski definition) is 2. The Bertz CT molecular complexity index is 436. The molecule has 0 aliphatic carbocycles. The average molecular weight is 222 g/mol. The van der Waals surface area contributed by atoms with Crippen LogP contribution in [-0.2, 0) is 6.42 Å². The quantitative estimate of drug-likeness (QED) is 0.785. The SMILES string of the molecule is CCCc1c(-c2ccccc2)noc1Cl. The van der Waals surface area contributed by atoms with Crippen molar-refractivity contribution >= 4 is 11.6 Å². The van der Waals surface area contributed by atoms with Crippen LogP contribution < -0.4 is 0 Å². The summed E-state index contributed by atoms with van der Waals surface area (Å²) >= 11 is 5.94. The van der Waals surface area contributed by atoms with E-state index < -0.39 is 0 Å². The fourth-order valence-corrected chi connectivity index (χ4v) is 1.80. The minimum atomic E-state index is 0.413. The number of halogens is 1. The van der Waals surface area contributed by atoms with Gasteiger partial charge in [0.05, 0.1) is 0 Å². The zero-order chi connectivity index (χ0) is 10.7. The molecular weight excluding hydrogens is 210 g/mol. The van der Waals surface area contributed by atoms with Crippen molar-refractivity contribution in [2.75, 3.05) is 0 Å². The maximum atomic E-state index is 5.94. The smallest absolute Gasteiger partial charge is 0.229 e. The van der Waals surface area contributed by atoms with E-state index in [1.54, 1.807) is 0 Å². The first-order chi connectivity index (χ1) is 7.33. The number of benzene rings is 1. The van der Waals surface area contributed by atoms with Crippen molar-refractivity contribution < 1.29 is 4.52 Å². The van der Waals surface area contributed by atoms with Gasteiger partial charge in [0, 0.05) is 11.1 Å². The first-order valence-corrected chi connectivity index (χ1v) is 5.40. The first-order valence-electron chi connectivity index (χ1n) is 5.02. The summed E-state index contributed by atoms with van der Waals surface area (Å²) in [5, 5.41) is 4.41. The lowest BCUT2D eigenvalue weighted by atomic mass is 10.1. The van der Waals surface area contributed by atoms with Crippen LogP contribution in [0, 0.1) is 0 Å². The summed E-state index contributed by atoms with van der Waals surface area (Å²) in [7, 11) is 0. The van der Waals surface area contributed by atoms with Gasteiger partial charge >= 0.3 is 0 Å². The fraction of sp³-hybridized carbons (Fsp3) is 0.250. The molecule has 0 aliphatic rings. The third kappa shape index (κ3) is 2.05. The molecule has 0 saturated heterocycles. The second kappa shape index (κ2) is 4.49. The third-order valence-electron chi connectivity index (χ3n) is 2.29. The Hall–Kier alpha value is -1.28. The fourth-order valence-electron chi connectivity index (χ4n) is 1.58. The molecule has 0 radical (unpaired) electrons. The molecule has 0 saturated carbocycles. The Morgan fingerprint density at radius 1 is 1.27 bits per heavy atom. The molecule has 0 fully saturated rings. The molecule has 0 unspecified atom stereocenters. The van der Waals surface area contributed by atoms with Gasteiger partial charge in [0.15, 0.2) is 0 Å². The minimum absolute atomic E-state index is 0.413. The van der Waals surface area contributed by atoms with Crippen molar-refractivity contribution in [3.8, 4) is 11.3 Å². The predicted molar refractivity (Wildman–Crippen MR) is 60.9 cm³/mol. The summed E-state index contributed by atoms with van der Waals surface area (Å²) in [6.45, 7) is 2.11. The first kappa shape index (κ1) is 10.2. The zero-order valence-corrected chi connectivity index (χ0v) is 9.29. The Morgan fingerprint density at radius 2 is 2.00 bits per heavy atom. The highest BCUT2D eigenvalue weighted by Gasteiger charge is 2.14. The standard InChI is InChI=1S/C12H12ClNO/c1-2-6-10-11(14-15-12(10)13)9-7-4-3-5-8-9/h3-5,7-8H,2,6H2,1H3. The van der Waals surface area contributed by atoms with E-state index in [1.807, 2.05) is 30.3 Å². The van der Waals surface area contributed by atoms with Crippen LogP contribution in [-0.4, -0.2) is 5.16 Å². The topological polar surface area (TPSA) is 26.0 Å². The van der Waals surface area contributed by atoms with E-state index in [9.17, 15) is 0 Å². The van der Waals surface area contributed by atoms with Gasteiger partial charge in [0.2, 0.25) is 5.22 Å². The summed E-state index contributed by atoms with van der Waals surface area (Å²) in [5.41, 5.74) is 2.92. The van der Waals surface area contributed by atoms with Crippen molar-refractivity contribution in [1.29, 1.82) is 0 Å². The van der Waals surface area contributed by atoms with E-state index in [2.05, 4.69) is 12.1 Å². The molecule has 1 aromatic carbocycles. The van der Waals surface area contributed by atoms with E-state index in [4.69, 9.17) is 16.1 Å². The molecule has 2 nitrogen and oxygen atoms in total. The largest absolute Gasteiger partial charge is 0.343 e.